The highest BCUT2D eigenvalue weighted by Crippen LogP contribution is 2.50. The summed E-state index contributed by atoms with van der Waals surface area (Å²) in [7, 11) is 0. The number of carbonyl (C=O) groups is 1. The van der Waals surface area contributed by atoms with Gasteiger partial charge >= 0.3 is 5.97 Å². The number of halogens is 2. The molecule has 8 nitrogen and oxygen atoms in total. The number of nitrogens with zero attached hydrogens (tertiary/aromatic N) is 5. The maximum atomic E-state index is 10.7. The van der Waals surface area contributed by atoms with Gasteiger partial charge in [-0.15, -0.1) is 0 Å². The van der Waals surface area contributed by atoms with Crippen molar-refractivity contribution in [2.45, 2.75) is 31.3 Å². The first kappa shape index (κ1) is 19.7. The number of fused-ring (bicyclic) bond motifs is 2. The zero-order valence-corrected chi connectivity index (χ0v) is 18.3. The van der Waals surface area contributed by atoms with Crippen molar-refractivity contribution in [3.8, 4) is 5.69 Å². The number of ether oxygens (including phenoxy) is 1. The van der Waals surface area contributed by atoms with Gasteiger partial charge in [0.05, 0.1) is 41.9 Å². The average molecular weight is 493 g/mol. The fraction of sp³-hybridized carbons (Fsp3) is 0.400. The van der Waals surface area contributed by atoms with Crippen LogP contribution in [-0.2, 0) is 9.53 Å². The first-order valence-electron chi connectivity index (χ1n) is 9.74. The highest BCUT2D eigenvalue weighted by molar-refractivity contribution is 9.10. The molecular weight excluding hydrogens is 474 g/mol. The molecule has 1 saturated heterocycles. The number of pyridine rings is 1. The van der Waals surface area contributed by atoms with Crippen molar-refractivity contribution in [3.63, 3.8) is 0 Å². The number of benzene rings is 1. The Balaban J connectivity index is 1.51. The van der Waals surface area contributed by atoms with Crippen molar-refractivity contribution in [3.05, 3.63) is 40.3 Å². The number of carboxylic acid groups (broad SMARTS) is 1. The van der Waals surface area contributed by atoms with E-state index in [1.54, 1.807) is 11.0 Å². The molecule has 1 aliphatic carbocycles. The van der Waals surface area contributed by atoms with Crippen LogP contribution in [0.1, 0.15) is 19.3 Å². The van der Waals surface area contributed by atoms with Gasteiger partial charge in [-0.05, 0) is 46.8 Å². The molecular formula is C20H19BrClN5O3. The van der Waals surface area contributed by atoms with Crippen LogP contribution < -0.4 is 4.90 Å². The number of piperidine rings is 1. The van der Waals surface area contributed by atoms with E-state index in [0.717, 1.165) is 39.7 Å². The lowest BCUT2D eigenvalue weighted by atomic mass is 10.1. The third-order valence-electron chi connectivity index (χ3n) is 5.73. The lowest BCUT2D eigenvalue weighted by Gasteiger charge is -2.29. The average Bonchev–Trinajstić information content (AvgIpc) is 3.12. The molecule has 3 atom stereocenters. The fourth-order valence-corrected chi connectivity index (χ4v) is 4.78. The van der Waals surface area contributed by atoms with E-state index < -0.39 is 5.97 Å². The molecule has 2 fully saturated rings. The summed E-state index contributed by atoms with van der Waals surface area (Å²) in [6, 6.07) is 6.44. The summed E-state index contributed by atoms with van der Waals surface area (Å²) >= 11 is 9.84. The van der Waals surface area contributed by atoms with Crippen LogP contribution in [0.5, 0.6) is 0 Å². The maximum Gasteiger partial charge on any atom is 0.305 e. The third kappa shape index (κ3) is 3.66. The molecule has 1 aliphatic heterocycles. The first-order valence-corrected chi connectivity index (χ1v) is 10.9. The minimum atomic E-state index is -0.848. The van der Waals surface area contributed by atoms with Gasteiger partial charge in [-0.25, -0.2) is 14.6 Å². The highest BCUT2D eigenvalue weighted by Gasteiger charge is 2.52. The van der Waals surface area contributed by atoms with Gasteiger partial charge in [0.15, 0.2) is 0 Å². The van der Waals surface area contributed by atoms with Crippen molar-refractivity contribution < 1.29 is 14.6 Å². The summed E-state index contributed by atoms with van der Waals surface area (Å²) in [5.41, 5.74) is 1.67. The maximum absolute atomic E-state index is 10.7. The Morgan fingerprint density at radius 3 is 2.97 bits per heavy atom. The van der Waals surface area contributed by atoms with Gasteiger partial charge in [0.25, 0.3) is 0 Å². The fourth-order valence-electron chi connectivity index (χ4n) is 4.29. The van der Waals surface area contributed by atoms with Crippen molar-refractivity contribution in [1.29, 1.82) is 0 Å². The Labute approximate surface area is 185 Å². The summed E-state index contributed by atoms with van der Waals surface area (Å²) < 4.78 is 8.17. The van der Waals surface area contributed by atoms with Gasteiger partial charge in [-0.3, -0.25) is 4.79 Å². The molecule has 3 aromatic rings. The Hall–Kier alpha value is -2.23. The first-order chi connectivity index (χ1) is 14.5. The van der Waals surface area contributed by atoms with Crippen LogP contribution in [0.3, 0.4) is 0 Å². The Morgan fingerprint density at radius 1 is 1.33 bits per heavy atom. The molecule has 0 radical (unpaired) electrons. The largest absolute Gasteiger partial charge is 0.481 e. The molecule has 2 aliphatic rings. The highest BCUT2D eigenvalue weighted by atomic mass is 79.9. The lowest BCUT2D eigenvalue weighted by Crippen LogP contribution is -2.37. The van der Waals surface area contributed by atoms with Crippen molar-refractivity contribution in [1.82, 2.24) is 19.7 Å². The molecule has 1 unspecified atom stereocenters. The van der Waals surface area contributed by atoms with Gasteiger partial charge in [-0.2, -0.15) is 5.10 Å². The van der Waals surface area contributed by atoms with E-state index in [1.165, 1.54) is 6.33 Å². The summed E-state index contributed by atoms with van der Waals surface area (Å²) in [6.07, 6.45) is 5.34. The third-order valence-corrected chi connectivity index (χ3v) is 6.92. The Bertz CT molecular complexity index is 1110. The number of hydrogen-bond acceptors (Lipinski definition) is 6. The van der Waals surface area contributed by atoms with E-state index in [4.69, 9.17) is 26.4 Å². The van der Waals surface area contributed by atoms with E-state index in [9.17, 15) is 4.79 Å². The standard InChI is InChI=1S/C20H19BrClN5O3/c21-14-6-16-13(5-15(14)22)18(26-10-23-9-24-26)7-19(25-16)27-12(3-11-4-17(11)27)8-30-2-1-20(28)29/h5-7,9-12,17H,1-4,8H2,(H,28,29)/t11?,12-,17-/m0/s1. The van der Waals surface area contributed by atoms with Crippen LogP contribution in [0.2, 0.25) is 5.02 Å². The number of carboxylic acids is 1. The number of aliphatic carboxylic acids is 1. The molecule has 1 N–H and O–H groups in total. The minimum Gasteiger partial charge on any atom is -0.481 e. The van der Waals surface area contributed by atoms with Crippen LogP contribution in [0.4, 0.5) is 5.82 Å². The van der Waals surface area contributed by atoms with Crippen LogP contribution in [0.25, 0.3) is 16.6 Å². The molecule has 1 saturated carbocycles. The van der Waals surface area contributed by atoms with Crippen molar-refractivity contribution in [2.24, 2.45) is 5.92 Å². The molecule has 0 spiro atoms. The quantitative estimate of drug-likeness (QED) is 0.503. The van der Waals surface area contributed by atoms with E-state index in [2.05, 4.69) is 30.9 Å². The molecule has 30 heavy (non-hydrogen) atoms. The smallest absolute Gasteiger partial charge is 0.305 e. The number of anilines is 1. The monoisotopic (exact) mass is 491 g/mol. The lowest BCUT2D eigenvalue weighted by molar-refractivity contribution is -0.138. The molecule has 0 bridgehead atoms. The summed E-state index contributed by atoms with van der Waals surface area (Å²) in [6.45, 7) is 0.707. The van der Waals surface area contributed by atoms with Crippen molar-refractivity contribution in [2.75, 3.05) is 18.1 Å². The zero-order chi connectivity index (χ0) is 20.8. The SMILES string of the molecule is O=C(O)CCOC[C@@H]1CC2C[C@@H]2N1c1cc(-n2cncn2)c2cc(Cl)c(Br)cc2n1. The van der Waals surface area contributed by atoms with E-state index in [1.807, 2.05) is 18.2 Å². The molecule has 10 heteroatoms. The van der Waals surface area contributed by atoms with Gasteiger partial charge in [0.1, 0.15) is 18.5 Å². The van der Waals surface area contributed by atoms with Gasteiger partial charge in [0, 0.05) is 22.0 Å². The topological polar surface area (TPSA) is 93.4 Å². The second-order valence-electron chi connectivity index (χ2n) is 7.70. The second kappa shape index (κ2) is 7.79. The van der Waals surface area contributed by atoms with E-state index in [-0.39, 0.29) is 19.1 Å². The second-order valence-corrected chi connectivity index (χ2v) is 8.96. The molecule has 156 valence electrons. The van der Waals surface area contributed by atoms with Crippen LogP contribution in [0.15, 0.2) is 35.3 Å². The van der Waals surface area contributed by atoms with E-state index in [0.29, 0.717) is 23.6 Å². The molecule has 5 rings (SSSR count). The molecule has 2 aromatic heterocycles. The predicted octanol–water partition coefficient (Wildman–Crippen LogP) is 3.69. The molecule has 3 heterocycles. The van der Waals surface area contributed by atoms with Crippen LogP contribution in [0, 0.1) is 5.92 Å². The molecule has 1 aromatic carbocycles. The number of aromatic nitrogens is 4. The summed E-state index contributed by atoms with van der Waals surface area (Å²) in [5.74, 6) is 0.653. The van der Waals surface area contributed by atoms with E-state index >= 15 is 0 Å². The summed E-state index contributed by atoms with van der Waals surface area (Å²) in [4.78, 5) is 22.1. The summed E-state index contributed by atoms with van der Waals surface area (Å²) in [5, 5.41) is 14.6. The minimum absolute atomic E-state index is 0.0129. The normalized spacial score (nSPS) is 22.5. The number of hydrogen-bond donors (Lipinski definition) is 1. The van der Waals surface area contributed by atoms with Gasteiger partial charge in [0.2, 0.25) is 0 Å². The van der Waals surface area contributed by atoms with Crippen LogP contribution >= 0.6 is 27.5 Å². The zero-order valence-electron chi connectivity index (χ0n) is 15.9. The Kier molecular flexibility index (Phi) is 5.12. The number of rotatable bonds is 7. The molecule has 0 amide bonds. The Morgan fingerprint density at radius 2 is 2.20 bits per heavy atom. The predicted molar refractivity (Wildman–Crippen MR) is 115 cm³/mol. The van der Waals surface area contributed by atoms with Crippen LogP contribution in [-0.4, -0.2) is 56.1 Å². The van der Waals surface area contributed by atoms with Gasteiger partial charge in [-0.1, -0.05) is 11.6 Å². The van der Waals surface area contributed by atoms with Crippen molar-refractivity contribution >= 4 is 50.2 Å². The van der Waals surface area contributed by atoms with Gasteiger partial charge < -0.3 is 14.7 Å².